The van der Waals surface area contributed by atoms with E-state index in [1.54, 1.807) is 0 Å². The summed E-state index contributed by atoms with van der Waals surface area (Å²) in [7, 11) is 0. The van der Waals surface area contributed by atoms with Crippen LogP contribution in [0.25, 0.3) is 0 Å². The highest BCUT2D eigenvalue weighted by Crippen LogP contribution is 2.37. The Labute approximate surface area is 88.8 Å². The van der Waals surface area contributed by atoms with Crippen LogP contribution in [0.4, 0.5) is 0 Å². The summed E-state index contributed by atoms with van der Waals surface area (Å²) in [5.74, 6) is 1.53. The van der Waals surface area contributed by atoms with Crippen LogP contribution in [0.5, 0.6) is 11.5 Å². The van der Waals surface area contributed by atoms with Crippen LogP contribution in [-0.4, -0.2) is 18.4 Å². The molecule has 1 aliphatic rings. The Hall–Kier alpha value is -1.26. The first-order valence-corrected chi connectivity index (χ1v) is 4.99. The first-order chi connectivity index (χ1) is 7.24. The maximum atomic E-state index is 8.79. The van der Waals surface area contributed by atoms with E-state index in [9.17, 15) is 0 Å². The van der Waals surface area contributed by atoms with Gasteiger partial charge in [-0.1, -0.05) is 0 Å². The summed E-state index contributed by atoms with van der Waals surface area (Å²) in [5, 5.41) is 8.79. The van der Waals surface area contributed by atoms with Crippen molar-refractivity contribution in [3.05, 3.63) is 22.8 Å². The van der Waals surface area contributed by atoms with E-state index in [2.05, 4.69) is 5.48 Å². The van der Waals surface area contributed by atoms with Gasteiger partial charge in [-0.25, -0.2) is 5.48 Å². The first-order valence-electron chi connectivity index (χ1n) is 4.99. The van der Waals surface area contributed by atoms with Gasteiger partial charge >= 0.3 is 0 Å². The third kappa shape index (κ3) is 1.78. The lowest BCUT2D eigenvalue weighted by atomic mass is 10.0. The van der Waals surface area contributed by atoms with Crippen molar-refractivity contribution in [2.75, 3.05) is 13.2 Å². The average molecular weight is 209 g/mol. The molecule has 0 saturated heterocycles. The Bertz CT molecular complexity index is 377. The molecule has 82 valence electrons. The summed E-state index contributed by atoms with van der Waals surface area (Å²) in [6.07, 6.45) is 0. The molecule has 0 radical (unpaired) electrons. The van der Waals surface area contributed by atoms with Crippen molar-refractivity contribution >= 4 is 0 Å². The van der Waals surface area contributed by atoms with Gasteiger partial charge < -0.3 is 14.7 Å². The maximum absolute atomic E-state index is 8.79. The summed E-state index contributed by atoms with van der Waals surface area (Å²) in [4.78, 5) is 0. The van der Waals surface area contributed by atoms with Crippen LogP contribution in [0.2, 0.25) is 0 Å². The van der Waals surface area contributed by atoms with Gasteiger partial charge in [0.05, 0.1) is 0 Å². The topological polar surface area (TPSA) is 50.7 Å². The van der Waals surface area contributed by atoms with E-state index in [0.29, 0.717) is 19.8 Å². The number of benzene rings is 1. The lowest BCUT2D eigenvalue weighted by molar-refractivity contribution is 0.150. The third-order valence-electron chi connectivity index (χ3n) is 2.73. The maximum Gasteiger partial charge on any atom is 0.166 e. The Kier molecular flexibility index (Phi) is 2.79. The van der Waals surface area contributed by atoms with Gasteiger partial charge in [0.15, 0.2) is 11.5 Å². The van der Waals surface area contributed by atoms with Crippen LogP contribution >= 0.6 is 0 Å². The van der Waals surface area contributed by atoms with Gasteiger partial charge in [-0.2, -0.15) is 0 Å². The number of fused-ring (bicyclic) bond motifs is 1. The minimum atomic E-state index is 0.374. The normalized spacial score (nSPS) is 14.1. The first kappa shape index (κ1) is 10.3. The second-order valence-corrected chi connectivity index (χ2v) is 3.66. The number of nitrogens with one attached hydrogen (secondary N) is 1. The molecule has 0 unspecified atom stereocenters. The molecule has 0 amide bonds. The van der Waals surface area contributed by atoms with Gasteiger partial charge in [0.1, 0.15) is 13.2 Å². The van der Waals surface area contributed by atoms with E-state index < -0.39 is 0 Å². The Morgan fingerprint density at radius 1 is 1.33 bits per heavy atom. The summed E-state index contributed by atoms with van der Waals surface area (Å²) in [6, 6.07) is 1.98. The fraction of sp³-hybridized carbons (Fsp3) is 0.455. The van der Waals surface area contributed by atoms with Crippen molar-refractivity contribution in [1.82, 2.24) is 5.48 Å². The van der Waals surface area contributed by atoms with Crippen molar-refractivity contribution in [2.45, 2.75) is 20.4 Å². The molecule has 0 spiro atoms. The standard InChI is InChI=1S/C11H15NO3/c1-7-5-10-11(15-4-3-14-10)9(6-12-13)8(7)2/h5,12-13H,3-4,6H2,1-2H3. The third-order valence-corrected chi connectivity index (χ3v) is 2.73. The van der Waals surface area contributed by atoms with Gasteiger partial charge in [0, 0.05) is 12.1 Å². The lowest BCUT2D eigenvalue weighted by Gasteiger charge is -2.23. The fourth-order valence-electron chi connectivity index (χ4n) is 1.78. The molecule has 1 aromatic carbocycles. The average Bonchev–Trinajstić information content (AvgIpc) is 2.25. The minimum absolute atomic E-state index is 0.374. The van der Waals surface area contributed by atoms with Crippen LogP contribution in [0.1, 0.15) is 16.7 Å². The van der Waals surface area contributed by atoms with Crippen molar-refractivity contribution in [3.8, 4) is 11.5 Å². The van der Waals surface area contributed by atoms with Crippen LogP contribution < -0.4 is 15.0 Å². The fourth-order valence-corrected chi connectivity index (χ4v) is 1.78. The predicted octanol–water partition coefficient (Wildman–Crippen LogP) is 1.55. The second kappa shape index (κ2) is 4.08. The zero-order valence-electron chi connectivity index (χ0n) is 8.96. The summed E-state index contributed by atoms with van der Waals surface area (Å²) >= 11 is 0. The van der Waals surface area contributed by atoms with E-state index in [-0.39, 0.29) is 0 Å². The van der Waals surface area contributed by atoms with Gasteiger partial charge in [0.25, 0.3) is 0 Å². The number of hydrogen-bond donors (Lipinski definition) is 2. The molecule has 2 N–H and O–H groups in total. The molecule has 4 nitrogen and oxygen atoms in total. The zero-order chi connectivity index (χ0) is 10.8. The summed E-state index contributed by atoms with van der Waals surface area (Å²) < 4.78 is 11.1. The number of hydrogen-bond acceptors (Lipinski definition) is 4. The highest BCUT2D eigenvalue weighted by atomic mass is 16.6. The number of aryl methyl sites for hydroxylation is 1. The van der Waals surface area contributed by atoms with E-state index >= 15 is 0 Å². The smallest absolute Gasteiger partial charge is 0.166 e. The molecule has 0 fully saturated rings. The van der Waals surface area contributed by atoms with Crippen LogP contribution in [0, 0.1) is 13.8 Å². The SMILES string of the molecule is Cc1cc2c(c(CNO)c1C)OCCO2. The summed E-state index contributed by atoms with van der Waals surface area (Å²) in [6.45, 7) is 5.56. The molecule has 4 heteroatoms. The molecule has 1 heterocycles. The quantitative estimate of drug-likeness (QED) is 0.726. The molecule has 0 aliphatic carbocycles. The molecule has 15 heavy (non-hydrogen) atoms. The van der Waals surface area contributed by atoms with E-state index in [0.717, 1.165) is 28.2 Å². The number of rotatable bonds is 2. The zero-order valence-corrected chi connectivity index (χ0v) is 8.96. The Morgan fingerprint density at radius 2 is 2.07 bits per heavy atom. The molecule has 1 aromatic rings. The highest BCUT2D eigenvalue weighted by Gasteiger charge is 2.19. The predicted molar refractivity (Wildman–Crippen MR) is 55.5 cm³/mol. The number of ether oxygens (including phenoxy) is 2. The van der Waals surface area contributed by atoms with Crippen LogP contribution in [0.3, 0.4) is 0 Å². The van der Waals surface area contributed by atoms with E-state index in [4.69, 9.17) is 14.7 Å². The Balaban J connectivity index is 2.52. The van der Waals surface area contributed by atoms with Crippen molar-refractivity contribution in [1.29, 1.82) is 0 Å². The number of hydroxylamine groups is 1. The van der Waals surface area contributed by atoms with Gasteiger partial charge in [0.2, 0.25) is 0 Å². The summed E-state index contributed by atoms with van der Waals surface area (Å²) in [5.41, 5.74) is 5.40. The minimum Gasteiger partial charge on any atom is -0.486 e. The van der Waals surface area contributed by atoms with Gasteiger partial charge in [-0.15, -0.1) is 0 Å². The lowest BCUT2D eigenvalue weighted by Crippen LogP contribution is -2.19. The highest BCUT2D eigenvalue weighted by molar-refractivity contribution is 5.54. The molecular weight excluding hydrogens is 194 g/mol. The second-order valence-electron chi connectivity index (χ2n) is 3.66. The molecule has 0 saturated carbocycles. The van der Waals surface area contributed by atoms with Crippen molar-refractivity contribution < 1.29 is 14.7 Å². The van der Waals surface area contributed by atoms with Crippen molar-refractivity contribution in [2.24, 2.45) is 0 Å². The molecule has 1 aliphatic heterocycles. The van der Waals surface area contributed by atoms with Crippen LogP contribution in [-0.2, 0) is 6.54 Å². The van der Waals surface area contributed by atoms with E-state index in [1.807, 2.05) is 19.9 Å². The monoisotopic (exact) mass is 209 g/mol. The van der Waals surface area contributed by atoms with Gasteiger partial charge in [-0.05, 0) is 31.0 Å². The molecule has 2 rings (SSSR count). The van der Waals surface area contributed by atoms with Gasteiger partial charge in [-0.3, -0.25) is 0 Å². The van der Waals surface area contributed by atoms with Crippen LogP contribution in [0.15, 0.2) is 6.07 Å². The van der Waals surface area contributed by atoms with Crippen molar-refractivity contribution in [3.63, 3.8) is 0 Å². The molecule has 0 atom stereocenters. The molecular formula is C11H15NO3. The largest absolute Gasteiger partial charge is 0.486 e. The molecule has 0 bridgehead atoms. The molecule has 0 aromatic heterocycles. The van der Waals surface area contributed by atoms with E-state index in [1.165, 1.54) is 0 Å². The Morgan fingerprint density at radius 3 is 2.80 bits per heavy atom.